The standard InChI is InChI=1S/C16H19NO4/c1-10-3-4-12(9-11(10)2)16(8-6-14(19)20)7-5-13(18)17-15(16)21/h3-4,9H,5-8H2,1-2H3,(H,19,20)(H,17,18,21). The van der Waals surface area contributed by atoms with Crippen molar-refractivity contribution in [3.63, 3.8) is 0 Å². The minimum absolute atomic E-state index is 0.103. The average Bonchev–Trinajstić information content (AvgIpc) is 2.41. The van der Waals surface area contributed by atoms with Crippen LogP contribution in [0.4, 0.5) is 0 Å². The van der Waals surface area contributed by atoms with Crippen LogP contribution in [-0.4, -0.2) is 22.9 Å². The summed E-state index contributed by atoms with van der Waals surface area (Å²) in [6.07, 6.45) is 0.685. The molecule has 21 heavy (non-hydrogen) atoms. The highest BCUT2D eigenvalue weighted by molar-refractivity contribution is 6.03. The molecule has 1 aromatic rings. The normalized spacial score (nSPS) is 22.0. The first-order valence-electron chi connectivity index (χ1n) is 6.99. The number of imide groups is 1. The molecule has 1 saturated heterocycles. The van der Waals surface area contributed by atoms with Crippen LogP contribution in [0.3, 0.4) is 0 Å². The summed E-state index contributed by atoms with van der Waals surface area (Å²) < 4.78 is 0. The summed E-state index contributed by atoms with van der Waals surface area (Å²) in [7, 11) is 0. The fraction of sp³-hybridized carbons (Fsp3) is 0.438. The third-order valence-corrected chi connectivity index (χ3v) is 4.29. The topological polar surface area (TPSA) is 83.5 Å². The van der Waals surface area contributed by atoms with Gasteiger partial charge in [-0.25, -0.2) is 0 Å². The second kappa shape index (κ2) is 5.68. The number of carbonyl (C=O) groups excluding carboxylic acids is 2. The van der Waals surface area contributed by atoms with E-state index in [1.54, 1.807) is 0 Å². The molecule has 1 unspecified atom stereocenters. The van der Waals surface area contributed by atoms with Gasteiger partial charge in [-0.1, -0.05) is 18.2 Å². The molecule has 5 nitrogen and oxygen atoms in total. The molecule has 112 valence electrons. The van der Waals surface area contributed by atoms with Crippen molar-refractivity contribution in [3.05, 3.63) is 34.9 Å². The fourth-order valence-corrected chi connectivity index (χ4v) is 2.77. The van der Waals surface area contributed by atoms with Gasteiger partial charge in [0.25, 0.3) is 0 Å². The molecule has 2 amide bonds. The van der Waals surface area contributed by atoms with E-state index in [0.29, 0.717) is 6.42 Å². The van der Waals surface area contributed by atoms with Gasteiger partial charge in [-0.2, -0.15) is 0 Å². The van der Waals surface area contributed by atoms with Gasteiger partial charge in [0, 0.05) is 12.8 Å². The molecule has 2 N–H and O–H groups in total. The molecule has 0 aromatic heterocycles. The minimum Gasteiger partial charge on any atom is -0.481 e. The van der Waals surface area contributed by atoms with Crippen LogP contribution in [0.5, 0.6) is 0 Å². The maximum atomic E-state index is 12.4. The van der Waals surface area contributed by atoms with Crippen LogP contribution in [0, 0.1) is 13.8 Å². The van der Waals surface area contributed by atoms with Gasteiger partial charge in [0.1, 0.15) is 0 Å². The van der Waals surface area contributed by atoms with Gasteiger partial charge in [0.05, 0.1) is 5.41 Å². The number of rotatable bonds is 4. The molecule has 0 spiro atoms. The fourth-order valence-electron chi connectivity index (χ4n) is 2.77. The number of benzene rings is 1. The molecule has 1 fully saturated rings. The minimum atomic E-state index is -0.942. The van der Waals surface area contributed by atoms with E-state index in [1.165, 1.54) is 0 Å². The number of carboxylic acids is 1. The largest absolute Gasteiger partial charge is 0.481 e. The molecule has 0 radical (unpaired) electrons. The van der Waals surface area contributed by atoms with E-state index < -0.39 is 11.4 Å². The summed E-state index contributed by atoms with van der Waals surface area (Å²) in [5, 5.41) is 11.3. The van der Waals surface area contributed by atoms with E-state index in [0.717, 1.165) is 16.7 Å². The van der Waals surface area contributed by atoms with Crippen LogP contribution in [0.15, 0.2) is 18.2 Å². The lowest BCUT2D eigenvalue weighted by atomic mass is 9.70. The lowest BCUT2D eigenvalue weighted by molar-refractivity contribution is -0.139. The molecule has 0 saturated carbocycles. The van der Waals surface area contributed by atoms with Gasteiger partial charge >= 0.3 is 5.97 Å². The zero-order chi connectivity index (χ0) is 15.6. The molecule has 1 atom stereocenters. The second-order valence-corrected chi connectivity index (χ2v) is 5.65. The molecule has 0 aliphatic carbocycles. The number of hydrogen-bond donors (Lipinski definition) is 2. The first kappa shape index (κ1) is 15.2. The van der Waals surface area contributed by atoms with Crippen LogP contribution < -0.4 is 5.32 Å². The van der Waals surface area contributed by atoms with E-state index in [1.807, 2.05) is 32.0 Å². The molecule has 1 aromatic carbocycles. The number of piperidine rings is 1. The highest BCUT2D eigenvalue weighted by Crippen LogP contribution is 2.37. The number of amides is 2. The van der Waals surface area contributed by atoms with Crippen molar-refractivity contribution in [1.82, 2.24) is 5.32 Å². The molecule has 0 bridgehead atoms. The third kappa shape index (κ3) is 2.96. The number of carboxylic acid groups (broad SMARTS) is 1. The van der Waals surface area contributed by atoms with Crippen LogP contribution in [-0.2, 0) is 19.8 Å². The van der Waals surface area contributed by atoms with Crippen molar-refractivity contribution < 1.29 is 19.5 Å². The number of hydrogen-bond acceptors (Lipinski definition) is 3. The van der Waals surface area contributed by atoms with Crippen molar-refractivity contribution in [2.75, 3.05) is 0 Å². The first-order valence-corrected chi connectivity index (χ1v) is 6.99. The number of nitrogens with one attached hydrogen (secondary N) is 1. The highest BCUT2D eigenvalue weighted by atomic mass is 16.4. The van der Waals surface area contributed by atoms with E-state index in [9.17, 15) is 14.4 Å². The Morgan fingerprint density at radius 2 is 2.00 bits per heavy atom. The Labute approximate surface area is 123 Å². The van der Waals surface area contributed by atoms with Crippen molar-refractivity contribution in [2.45, 2.75) is 44.9 Å². The first-order chi connectivity index (χ1) is 9.85. The maximum Gasteiger partial charge on any atom is 0.303 e. The monoisotopic (exact) mass is 289 g/mol. The van der Waals surface area contributed by atoms with E-state index in [-0.39, 0.29) is 31.1 Å². The molecule has 5 heteroatoms. The van der Waals surface area contributed by atoms with Gasteiger partial charge in [-0.05, 0) is 43.4 Å². The number of aryl methyl sites for hydroxylation is 2. The summed E-state index contributed by atoms with van der Waals surface area (Å²) in [6.45, 7) is 3.93. The van der Waals surface area contributed by atoms with Gasteiger partial charge < -0.3 is 5.11 Å². The summed E-state index contributed by atoms with van der Waals surface area (Å²) in [4.78, 5) is 34.7. The van der Waals surface area contributed by atoms with Crippen LogP contribution in [0.25, 0.3) is 0 Å². The Balaban J connectivity index is 2.44. The predicted octanol–water partition coefficient (Wildman–Crippen LogP) is 1.84. The van der Waals surface area contributed by atoms with Crippen molar-refractivity contribution >= 4 is 17.8 Å². The second-order valence-electron chi connectivity index (χ2n) is 5.65. The van der Waals surface area contributed by atoms with Crippen molar-refractivity contribution in [3.8, 4) is 0 Å². The van der Waals surface area contributed by atoms with E-state index >= 15 is 0 Å². The Hall–Kier alpha value is -2.17. The van der Waals surface area contributed by atoms with Gasteiger partial charge in [-0.15, -0.1) is 0 Å². The van der Waals surface area contributed by atoms with Crippen LogP contribution in [0.1, 0.15) is 42.4 Å². The van der Waals surface area contributed by atoms with Gasteiger partial charge in [-0.3, -0.25) is 19.7 Å². The summed E-state index contributed by atoms with van der Waals surface area (Å²) in [5.41, 5.74) is 2.02. The lowest BCUT2D eigenvalue weighted by Gasteiger charge is -2.36. The zero-order valence-electron chi connectivity index (χ0n) is 12.2. The SMILES string of the molecule is Cc1ccc(C2(CCC(=O)O)CCC(=O)NC2=O)cc1C. The van der Waals surface area contributed by atoms with E-state index in [4.69, 9.17) is 5.11 Å². The lowest BCUT2D eigenvalue weighted by Crippen LogP contribution is -2.51. The molecule has 1 aliphatic heterocycles. The Morgan fingerprint density at radius 3 is 2.57 bits per heavy atom. The van der Waals surface area contributed by atoms with Crippen molar-refractivity contribution in [2.24, 2.45) is 0 Å². The highest BCUT2D eigenvalue weighted by Gasteiger charge is 2.44. The average molecular weight is 289 g/mol. The predicted molar refractivity (Wildman–Crippen MR) is 76.8 cm³/mol. The molecular weight excluding hydrogens is 270 g/mol. The Kier molecular flexibility index (Phi) is 4.11. The van der Waals surface area contributed by atoms with E-state index in [2.05, 4.69) is 5.32 Å². The molecule has 2 rings (SSSR count). The van der Waals surface area contributed by atoms with Crippen LogP contribution >= 0.6 is 0 Å². The van der Waals surface area contributed by atoms with Crippen LogP contribution in [0.2, 0.25) is 0 Å². The Bertz CT molecular complexity index is 608. The Morgan fingerprint density at radius 1 is 1.29 bits per heavy atom. The third-order valence-electron chi connectivity index (χ3n) is 4.29. The van der Waals surface area contributed by atoms with Gasteiger partial charge in [0.15, 0.2) is 0 Å². The molecular formula is C16H19NO4. The quantitative estimate of drug-likeness (QED) is 0.828. The summed E-state index contributed by atoms with van der Waals surface area (Å²) >= 11 is 0. The zero-order valence-corrected chi connectivity index (χ0v) is 12.2. The smallest absolute Gasteiger partial charge is 0.303 e. The maximum absolute atomic E-state index is 12.4. The summed E-state index contributed by atoms with van der Waals surface area (Å²) in [5.74, 6) is -1.62. The summed E-state index contributed by atoms with van der Waals surface area (Å²) in [6, 6.07) is 5.71. The molecule has 1 aliphatic rings. The van der Waals surface area contributed by atoms with Gasteiger partial charge in [0.2, 0.25) is 11.8 Å². The number of carbonyl (C=O) groups is 3. The van der Waals surface area contributed by atoms with Crippen molar-refractivity contribution in [1.29, 1.82) is 0 Å². The number of aliphatic carboxylic acids is 1. The molecule has 1 heterocycles.